The van der Waals surface area contributed by atoms with Gasteiger partial charge in [0.05, 0.1) is 0 Å². The molecular formula is C5H5BrN2O2S. The average molecular weight is 237 g/mol. The Morgan fingerprint density at radius 3 is 2.36 bits per heavy atom. The quantitative estimate of drug-likeness (QED) is 0.719. The monoisotopic (exact) mass is 236 g/mol. The Labute approximate surface area is 72.7 Å². The normalized spacial score (nSPS) is 11.5. The Morgan fingerprint density at radius 1 is 1.36 bits per heavy atom. The van der Waals surface area contributed by atoms with Gasteiger partial charge in [0, 0.05) is 6.26 Å². The van der Waals surface area contributed by atoms with Crippen molar-refractivity contribution >= 4 is 25.8 Å². The molecule has 0 saturated carbocycles. The highest BCUT2D eigenvalue weighted by atomic mass is 79.9. The first kappa shape index (κ1) is 8.61. The van der Waals surface area contributed by atoms with Crippen LogP contribution in [0.5, 0.6) is 0 Å². The van der Waals surface area contributed by atoms with E-state index in [1.807, 2.05) is 0 Å². The maximum Gasteiger partial charge on any atom is 0.194 e. The van der Waals surface area contributed by atoms with E-state index in [2.05, 4.69) is 26.1 Å². The topological polar surface area (TPSA) is 59.9 Å². The van der Waals surface area contributed by atoms with Crippen LogP contribution in [-0.2, 0) is 9.84 Å². The van der Waals surface area contributed by atoms with Crippen molar-refractivity contribution in [2.24, 2.45) is 0 Å². The molecule has 0 spiro atoms. The predicted molar refractivity (Wildman–Crippen MR) is 42.8 cm³/mol. The van der Waals surface area contributed by atoms with Gasteiger partial charge in [0.2, 0.25) is 0 Å². The molecule has 0 radical (unpaired) electrons. The lowest BCUT2D eigenvalue weighted by atomic mass is 10.6. The van der Waals surface area contributed by atoms with E-state index in [0.717, 1.165) is 6.26 Å². The van der Waals surface area contributed by atoms with E-state index in [1.165, 1.54) is 12.1 Å². The van der Waals surface area contributed by atoms with E-state index in [4.69, 9.17) is 0 Å². The Hall–Kier alpha value is -0.490. The van der Waals surface area contributed by atoms with Crippen molar-refractivity contribution in [2.75, 3.05) is 6.26 Å². The zero-order valence-corrected chi connectivity index (χ0v) is 8.05. The molecule has 0 aliphatic carbocycles. The molecule has 0 bridgehead atoms. The van der Waals surface area contributed by atoms with Crippen molar-refractivity contribution in [2.45, 2.75) is 5.03 Å². The minimum atomic E-state index is -3.21. The summed E-state index contributed by atoms with van der Waals surface area (Å²) in [5.74, 6) is 0. The van der Waals surface area contributed by atoms with Crippen LogP contribution in [0.2, 0.25) is 0 Å². The standard InChI is InChI=1S/C5H5BrN2O2S/c1-11(9,10)5-3-2-4(6)7-8-5/h2-3H,1H3. The molecular weight excluding hydrogens is 232 g/mol. The largest absolute Gasteiger partial charge is 0.222 e. The number of hydrogen-bond acceptors (Lipinski definition) is 4. The first-order valence-corrected chi connectivity index (χ1v) is 5.38. The fraction of sp³-hybridized carbons (Fsp3) is 0.200. The van der Waals surface area contributed by atoms with Crippen LogP contribution < -0.4 is 0 Å². The lowest BCUT2D eigenvalue weighted by molar-refractivity contribution is 0.595. The Balaban J connectivity index is 3.20. The number of aromatic nitrogens is 2. The van der Waals surface area contributed by atoms with Gasteiger partial charge in [0.25, 0.3) is 0 Å². The first-order valence-electron chi connectivity index (χ1n) is 2.69. The van der Waals surface area contributed by atoms with Gasteiger partial charge in [-0.3, -0.25) is 0 Å². The Morgan fingerprint density at radius 2 is 2.00 bits per heavy atom. The highest BCUT2D eigenvalue weighted by Gasteiger charge is 2.07. The molecule has 0 fully saturated rings. The molecule has 0 atom stereocenters. The summed E-state index contributed by atoms with van der Waals surface area (Å²) in [5, 5.41) is 6.98. The van der Waals surface area contributed by atoms with Crippen LogP contribution in [-0.4, -0.2) is 24.9 Å². The van der Waals surface area contributed by atoms with Crippen molar-refractivity contribution in [1.82, 2.24) is 10.2 Å². The summed E-state index contributed by atoms with van der Waals surface area (Å²) in [6.45, 7) is 0. The number of halogens is 1. The highest BCUT2D eigenvalue weighted by molar-refractivity contribution is 9.10. The summed E-state index contributed by atoms with van der Waals surface area (Å²) in [4.78, 5) is 0. The van der Waals surface area contributed by atoms with Gasteiger partial charge in [-0.05, 0) is 28.1 Å². The van der Waals surface area contributed by atoms with Crippen LogP contribution >= 0.6 is 15.9 Å². The van der Waals surface area contributed by atoms with Gasteiger partial charge < -0.3 is 0 Å². The van der Waals surface area contributed by atoms with E-state index in [0.29, 0.717) is 4.60 Å². The third-order valence-electron chi connectivity index (χ3n) is 0.987. The summed E-state index contributed by atoms with van der Waals surface area (Å²) in [5.41, 5.74) is 0. The average Bonchev–Trinajstić information content (AvgIpc) is 1.86. The fourth-order valence-electron chi connectivity index (χ4n) is 0.502. The molecule has 1 aromatic heterocycles. The van der Waals surface area contributed by atoms with Gasteiger partial charge in [0.1, 0.15) is 4.60 Å². The molecule has 0 N–H and O–H groups in total. The first-order chi connectivity index (χ1) is 5.00. The van der Waals surface area contributed by atoms with Gasteiger partial charge in [0.15, 0.2) is 14.9 Å². The molecule has 0 saturated heterocycles. The van der Waals surface area contributed by atoms with Crippen LogP contribution in [0.25, 0.3) is 0 Å². The molecule has 0 aromatic carbocycles. The summed E-state index contributed by atoms with van der Waals surface area (Å²) >= 11 is 3.04. The van der Waals surface area contributed by atoms with E-state index in [9.17, 15) is 8.42 Å². The van der Waals surface area contributed by atoms with Gasteiger partial charge in [-0.15, -0.1) is 10.2 Å². The van der Waals surface area contributed by atoms with Crippen LogP contribution in [0.15, 0.2) is 21.8 Å². The van der Waals surface area contributed by atoms with E-state index in [1.54, 1.807) is 0 Å². The summed E-state index contributed by atoms with van der Waals surface area (Å²) in [7, 11) is -3.21. The summed E-state index contributed by atoms with van der Waals surface area (Å²) in [6, 6.07) is 2.93. The number of rotatable bonds is 1. The Kier molecular flexibility index (Phi) is 2.24. The van der Waals surface area contributed by atoms with Gasteiger partial charge in [-0.25, -0.2) is 8.42 Å². The minimum absolute atomic E-state index is 0.0132. The zero-order valence-electron chi connectivity index (χ0n) is 5.65. The van der Waals surface area contributed by atoms with Gasteiger partial charge in [-0.2, -0.15) is 0 Å². The predicted octanol–water partition coefficient (Wildman–Crippen LogP) is 0.643. The lowest BCUT2D eigenvalue weighted by Gasteiger charge is -1.93. The van der Waals surface area contributed by atoms with Gasteiger partial charge >= 0.3 is 0 Å². The SMILES string of the molecule is CS(=O)(=O)c1ccc(Br)nn1. The molecule has 6 heteroatoms. The fourth-order valence-corrected chi connectivity index (χ4v) is 1.22. The molecule has 1 aromatic rings. The third kappa shape index (κ3) is 2.23. The molecule has 0 aliphatic heterocycles. The molecule has 0 aliphatic rings. The van der Waals surface area contributed by atoms with Crippen LogP contribution in [0.4, 0.5) is 0 Å². The molecule has 1 heterocycles. The summed E-state index contributed by atoms with van der Waals surface area (Å²) < 4.78 is 22.2. The van der Waals surface area contributed by atoms with Crippen molar-refractivity contribution in [1.29, 1.82) is 0 Å². The number of nitrogens with zero attached hydrogens (tertiary/aromatic N) is 2. The van der Waals surface area contributed by atoms with E-state index in [-0.39, 0.29) is 5.03 Å². The molecule has 11 heavy (non-hydrogen) atoms. The van der Waals surface area contributed by atoms with E-state index >= 15 is 0 Å². The maximum absolute atomic E-state index is 10.8. The highest BCUT2D eigenvalue weighted by Crippen LogP contribution is 2.07. The van der Waals surface area contributed by atoms with Crippen LogP contribution in [0, 0.1) is 0 Å². The number of hydrogen-bond donors (Lipinski definition) is 0. The van der Waals surface area contributed by atoms with Crippen molar-refractivity contribution in [3.05, 3.63) is 16.7 Å². The van der Waals surface area contributed by atoms with Crippen molar-refractivity contribution < 1.29 is 8.42 Å². The van der Waals surface area contributed by atoms with Gasteiger partial charge in [-0.1, -0.05) is 0 Å². The maximum atomic E-state index is 10.8. The number of sulfone groups is 1. The zero-order chi connectivity index (χ0) is 8.48. The van der Waals surface area contributed by atoms with Crippen molar-refractivity contribution in [3.8, 4) is 0 Å². The lowest BCUT2D eigenvalue weighted by Crippen LogP contribution is -2.01. The second-order valence-corrected chi connectivity index (χ2v) is 4.74. The molecule has 0 unspecified atom stereocenters. The van der Waals surface area contributed by atoms with Crippen molar-refractivity contribution in [3.63, 3.8) is 0 Å². The van der Waals surface area contributed by atoms with Crippen LogP contribution in [0.1, 0.15) is 0 Å². The molecule has 1 rings (SSSR count). The molecule has 0 amide bonds. The smallest absolute Gasteiger partial charge is 0.194 e. The van der Waals surface area contributed by atoms with Crippen LogP contribution in [0.3, 0.4) is 0 Å². The minimum Gasteiger partial charge on any atom is -0.222 e. The summed E-state index contributed by atoms with van der Waals surface area (Å²) in [6.07, 6.45) is 1.09. The second-order valence-electron chi connectivity index (χ2n) is 1.97. The molecule has 60 valence electrons. The molecule has 4 nitrogen and oxygen atoms in total. The Bertz CT molecular complexity index is 345. The third-order valence-corrected chi connectivity index (χ3v) is 2.39. The second kappa shape index (κ2) is 2.86. The van der Waals surface area contributed by atoms with E-state index < -0.39 is 9.84 Å².